The van der Waals surface area contributed by atoms with Crippen LogP contribution in [0.2, 0.25) is 10.2 Å². The van der Waals surface area contributed by atoms with E-state index in [1.165, 1.54) is 22.8 Å². The van der Waals surface area contributed by atoms with Crippen LogP contribution in [0, 0.1) is 0 Å². The number of carbonyl (C=O) groups is 1. The van der Waals surface area contributed by atoms with Crippen molar-refractivity contribution in [2.24, 2.45) is 7.05 Å². The Labute approximate surface area is 176 Å². The summed E-state index contributed by atoms with van der Waals surface area (Å²) in [7, 11) is 1.62. The Balaban J connectivity index is 1.78. The van der Waals surface area contributed by atoms with Gasteiger partial charge in [-0.1, -0.05) is 35.3 Å². The minimum absolute atomic E-state index is 0.213. The van der Waals surface area contributed by atoms with Gasteiger partial charge in [0.15, 0.2) is 0 Å². The van der Waals surface area contributed by atoms with Gasteiger partial charge < -0.3 is 14.6 Å². The monoisotopic (exact) mass is 449 g/mol. The minimum atomic E-state index is -4.40. The molecule has 1 N–H and O–H groups in total. The van der Waals surface area contributed by atoms with Crippen LogP contribution in [-0.2, 0) is 18.0 Å². The van der Waals surface area contributed by atoms with E-state index in [9.17, 15) is 18.0 Å². The molecule has 10 heteroatoms. The molecule has 1 amide bonds. The number of ether oxygens (including phenoxy) is 1. The SMILES string of the molecule is Cn1c(C(=O)NCC(c2ccc(C(F)(F)F)cc2)N2CCOCC2)cc(Cl)c1Cl. The third kappa shape index (κ3) is 5.06. The molecule has 29 heavy (non-hydrogen) atoms. The number of benzene rings is 1. The molecule has 2 aromatic rings. The van der Waals surface area contributed by atoms with Crippen LogP contribution in [0.3, 0.4) is 0 Å². The molecule has 1 aliphatic heterocycles. The Morgan fingerprint density at radius 2 is 1.83 bits per heavy atom. The maximum absolute atomic E-state index is 12.9. The van der Waals surface area contributed by atoms with E-state index in [2.05, 4.69) is 10.2 Å². The first-order valence-corrected chi connectivity index (χ1v) is 9.72. The summed E-state index contributed by atoms with van der Waals surface area (Å²) in [5, 5.41) is 3.36. The molecule has 3 rings (SSSR count). The largest absolute Gasteiger partial charge is 0.416 e. The zero-order valence-corrected chi connectivity index (χ0v) is 17.1. The predicted octanol–water partition coefficient (Wildman–Crippen LogP) is 4.15. The first kappa shape index (κ1) is 22.0. The molecular weight excluding hydrogens is 430 g/mol. The molecule has 1 fully saturated rings. The van der Waals surface area contributed by atoms with Crippen LogP contribution < -0.4 is 5.32 Å². The van der Waals surface area contributed by atoms with Crippen molar-refractivity contribution < 1.29 is 22.7 Å². The van der Waals surface area contributed by atoms with E-state index in [1.807, 2.05) is 0 Å². The van der Waals surface area contributed by atoms with Crippen LogP contribution in [0.5, 0.6) is 0 Å². The molecule has 1 aliphatic rings. The number of amides is 1. The van der Waals surface area contributed by atoms with Gasteiger partial charge in [0.05, 0.1) is 29.8 Å². The van der Waals surface area contributed by atoms with Crippen molar-refractivity contribution in [1.82, 2.24) is 14.8 Å². The standard InChI is InChI=1S/C19H20Cl2F3N3O2/c1-26-15(10-14(20)17(26)21)18(28)25-11-16(27-6-8-29-9-7-27)12-2-4-13(5-3-12)19(22,23)24/h2-5,10,16H,6-9,11H2,1H3,(H,25,28). The molecule has 5 nitrogen and oxygen atoms in total. The number of nitrogens with zero attached hydrogens (tertiary/aromatic N) is 2. The molecular formula is C19H20Cl2F3N3O2. The van der Waals surface area contributed by atoms with E-state index < -0.39 is 11.7 Å². The van der Waals surface area contributed by atoms with Gasteiger partial charge >= 0.3 is 6.18 Å². The Kier molecular flexibility index (Phi) is 6.78. The van der Waals surface area contributed by atoms with Gasteiger partial charge in [-0.2, -0.15) is 13.2 Å². The van der Waals surface area contributed by atoms with E-state index in [4.69, 9.17) is 27.9 Å². The first-order chi connectivity index (χ1) is 13.7. The van der Waals surface area contributed by atoms with Crippen molar-refractivity contribution in [3.63, 3.8) is 0 Å². The molecule has 0 saturated carbocycles. The number of halogens is 5. The number of carbonyl (C=O) groups excluding carboxylic acids is 1. The summed E-state index contributed by atoms with van der Waals surface area (Å²) in [6, 6.07) is 6.19. The zero-order valence-electron chi connectivity index (χ0n) is 15.6. The van der Waals surface area contributed by atoms with Crippen LogP contribution in [0.25, 0.3) is 0 Å². The highest BCUT2D eigenvalue weighted by molar-refractivity contribution is 6.41. The summed E-state index contributed by atoms with van der Waals surface area (Å²) in [6.45, 7) is 2.49. The molecule has 1 aromatic heterocycles. The summed E-state index contributed by atoms with van der Waals surface area (Å²) >= 11 is 12.0. The Hall–Kier alpha value is -1.74. The molecule has 1 saturated heterocycles. The number of morpholine rings is 1. The molecule has 0 aliphatic carbocycles. The molecule has 0 spiro atoms. The van der Waals surface area contributed by atoms with E-state index in [1.54, 1.807) is 7.05 Å². The highest BCUT2D eigenvalue weighted by Gasteiger charge is 2.31. The van der Waals surface area contributed by atoms with Gasteiger partial charge in [-0.25, -0.2) is 0 Å². The highest BCUT2D eigenvalue weighted by atomic mass is 35.5. The van der Waals surface area contributed by atoms with Gasteiger partial charge in [-0.3, -0.25) is 9.69 Å². The fourth-order valence-electron chi connectivity index (χ4n) is 3.28. The van der Waals surface area contributed by atoms with Crippen molar-refractivity contribution in [3.8, 4) is 0 Å². The second-order valence-electron chi connectivity index (χ2n) is 6.72. The lowest BCUT2D eigenvalue weighted by molar-refractivity contribution is -0.137. The number of rotatable bonds is 5. The van der Waals surface area contributed by atoms with E-state index >= 15 is 0 Å². The second kappa shape index (κ2) is 8.95. The molecule has 1 aromatic carbocycles. The molecule has 0 radical (unpaired) electrons. The maximum Gasteiger partial charge on any atom is 0.416 e. The zero-order chi connectivity index (χ0) is 21.2. The van der Waals surface area contributed by atoms with Crippen molar-refractivity contribution >= 4 is 29.1 Å². The quantitative estimate of drug-likeness (QED) is 0.745. The predicted molar refractivity (Wildman–Crippen MR) is 104 cm³/mol. The summed E-state index contributed by atoms with van der Waals surface area (Å²) in [4.78, 5) is 14.7. The van der Waals surface area contributed by atoms with E-state index in [0.29, 0.717) is 37.6 Å². The average molecular weight is 450 g/mol. The Morgan fingerprint density at radius 3 is 2.34 bits per heavy atom. The van der Waals surface area contributed by atoms with Crippen molar-refractivity contribution in [1.29, 1.82) is 0 Å². The second-order valence-corrected chi connectivity index (χ2v) is 7.49. The molecule has 2 heterocycles. The van der Waals surface area contributed by atoms with E-state index in [0.717, 1.165) is 12.1 Å². The van der Waals surface area contributed by atoms with Gasteiger partial charge in [-0.15, -0.1) is 0 Å². The number of hydrogen-bond acceptors (Lipinski definition) is 3. The number of alkyl halides is 3. The van der Waals surface area contributed by atoms with Gasteiger partial charge in [-0.05, 0) is 23.8 Å². The Morgan fingerprint density at radius 1 is 1.21 bits per heavy atom. The van der Waals surface area contributed by atoms with Crippen LogP contribution in [0.15, 0.2) is 30.3 Å². The molecule has 158 valence electrons. The molecule has 1 unspecified atom stereocenters. The van der Waals surface area contributed by atoms with Crippen molar-refractivity contribution in [2.75, 3.05) is 32.8 Å². The van der Waals surface area contributed by atoms with Crippen LogP contribution >= 0.6 is 23.2 Å². The van der Waals surface area contributed by atoms with Gasteiger partial charge in [0.2, 0.25) is 0 Å². The smallest absolute Gasteiger partial charge is 0.379 e. The topological polar surface area (TPSA) is 46.5 Å². The number of aromatic nitrogens is 1. The van der Waals surface area contributed by atoms with Gasteiger partial charge in [0.25, 0.3) is 5.91 Å². The molecule has 0 bridgehead atoms. The third-order valence-electron chi connectivity index (χ3n) is 4.91. The summed E-state index contributed by atoms with van der Waals surface area (Å²) < 4.78 is 45.5. The first-order valence-electron chi connectivity index (χ1n) is 8.96. The van der Waals surface area contributed by atoms with E-state index in [-0.39, 0.29) is 28.7 Å². The third-order valence-corrected chi connectivity index (χ3v) is 5.76. The lowest BCUT2D eigenvalue weighted by Gasteiger charge is -2.35. The van der Waals surface area contributed by atoms with Crippen LogP contribution in [0.1, 0.15) is 27.7 Å². The van der Waals surface area contributed by atoms with Crippen LogP contribution in [0.4, 0.5) is 13.2 Å². The Bertz CT molecular complexity index is 863. The van der Waals surface area contributed by atoms with Gasteiger partial charge in [0, 0.05) is 26.7 Å². The summed E-state index contributed by atoms with van der Waals surface area (Å²) in [5.74, 6) is -0.369. The fraction of sp³-hybridized carbons (Fsp3) is 0.421. The molecule has 1 atom stereocenters. The number of hydrogen-bond donors (Lipinski definition) is 1. The lowest BCUT2D eigenvalue weighted by Crippen LogP contribution is -2.44. The summed E-state index contributed by atoms with van der Waals surface area (Å²) in [5.41, 5.74) is 0.274. The summed E-state index contributed by atoms with van der Waals surface area (Å²) in [6.07, 6.45) is -4.40. The minimum Gasteiger partial charge on any atom is -0.379 e. The maximum atomic E-state index is 12.9. The average Bonchev–Trinajstić information content (AvgIpc) is 2.96. The fourth-order valence-corrected chi connectivity index (χ4v) is 3.66. The normalized spacial score (nSPS) is 16.6. The van der Waals surface area contributed by atoms with Crippen molar-refractivity contribution in [3.05, 3.63) is 57.3 Å². The van der Waals surface area contributed by atoms with Crippen LogP contribution in [-0.4, -0.2) is 48.2 Å². The van der Waals surface area contributed by atoms with Gasteiger partial charge in [0.1, 0.15) is 10.8 Å². The number of nitrogens with one attached hydrogen (secondary N) is 1. The highest BCUT2D eigenvalue weighted by Crippen LogP contribution is 2.31. The lowest BCUT2D eigenvalue weighted by atomic mass is 10.0. The van der Waals surface area contributed by atoms with Crippen molar-refractivity contribution in [2.45, 2.75) is 12.2 Å².